The molecule has 2 rings (SSSR count). The smallest absolute Gasteiger partial charge is 0.251 e. The van der Waals surface area contributed by atoms with Crippen LogP contribution < -0.4 is 10.0 Å². The minimum atomic E-state index is -3.42. The van der Waals surface area contributed by atoms with Crippen molar-refractivity contribution in [2.24, 2.45) is 0 Å². The van der Waals surface area contributed by atoms with Gasteiger partial charge in [0.1, 0.15) is 0 Å². The lowest BCUT2D eigenvalue weighted by Crippen LogP contribution is -2.27. The maximum absolute atomic E-state index is 12.2. The summed E-state index contributed by atoms with van der Waals surface area (Å²) in [5.74, 6) is -0.0811. The largest absolute Gasteiger partial charge is 0.351 e. The van der Waals surface area contributed by atoms with Crippen LogP contribution in [0.3, 0.4) is 0 Å². The lowest BCUT2D eigenvalue weighted by atomic mass is 10.0. The van der Waals surface area contributed by atoms with Gasteiger partial charge in [-0.05, 0) is 29.7 Å². The van der Waals surface area contributed by atoms with Gasteiger partial charge in [0, 0.05) is 12.1 Å². The molecule has 0 aliphatic carbocycles. The van der Waals surface area contributed by atoms with Gasteiger partial charge in [-0.3, -0.25) is 9.52 Å². The number of anilines is 1. The molecule has 0 fully saturated rings. The fourth-order valence-corrected chi connectivity index (χ4v) is 3.05. The molecule has 0 unspecified atom stereocenters. The Kier molecular flexibility index (Phi) is 5.85. The minimum Gasteiger partial charge on any atom is -0.351 e. The van der Waals surface area contributed by atoms with Crippen LogP contribution in [0.4, 0.5) is 5.69 Å². The van der Waals surface area contributed by atoms with E-state index in [0.717, 1.165) is 11.8 Å². The summed E-state index contributed by atoms with van der Waals surface area (Å²) in [4.78, 5) is 12.2. The van der Waals surface area contributed by atoms with E-state index in [9.17, 15) is 13.2 Å². The molecular formula is C17H19ClN2O3S. The van der Waals surface area contributed by atoms with Crippen molar-refractivity contribution in [2.45, 2.75) is 12.8 Å². The van der Waals surface area contributed by atoms with E-state index in [1.165, 1.54) is 18.2 Å². The molecule has 0 heterocycles. The Labute approximate surface area is 147 Å². The SMILES string of the molecule is C[C@@H](CNC(=O)c1ccc(NS(C)(=O)=O)c(Cl)c1)c1ccccc1. The summed E-state index contributed by atoms with van der Waals surface area (Å²) >= 11 is 6.03. The summed E-state index contributed by atoms with van der Waals surface area (Å²) in [6, 6.07) is 14.3. The molecule has 0 aromatic heterocycles. The molecule has 5 nitrogen and oxygen atoms in total. The molecule has 0 radical (unpaired) electrons. The molecule has 1 amide bonds. The van der Waals surface area contributed by atoms with Crippen LogP contribution in [0.15, 0.2) is 48.5 Å². The zero-order valence-electron chi connectivity index (χ0n) is 13.4. The van der Waals surface area contributed by atoms with Crippen LogP contribution in [0.5, 0.6) is 0 Å². The Hall–Kier alpha value is -2.05. The van der Waals surface area contributed by atoms with Crippen molar-refractivity contribution in [3.8, 4) is 0 Å². The Balaban J connectivity index is 2.01. The van der Waals surface area contributed by atoms with Crippen LogP contribution in [0.25, 0.3) is 0 Å². The fraction of sp³-hybridized carbons (Fsp3) is 0.235. The number of sulfonamides is 1. The van der Waals surface area contributed by atoms with Gasteiger partial charge in [0.05, 0.1) is 17.0 Å². The third-order valence-electron chi connectivity index (χ3n) is 3.46. The van der Waals surface area contributed by atoms with Gasteiger partial charge in [-0.15, -0.1) is 0 Å². The van der Waals surface area contributed by atoms with Crippen molar-refractivity contribution in [3.63, 3.8) is 0 Å². The molecule has 0 spiro atoms. The standard InChI is InChI=1S/C17H19ClN2O3S/c1-12(13-6-4-3-5-7-13)11-19-17(21)14-8-9-16(15(18)10-14)20-24(2,22)23/h3-10,12,20H,11H2,1-2H3,(H,19,21)/t12-/m0/s1. The first-order chi connectivity index (χ1) is 11.3. The number of halogens is 1. The van der Waals surface area contributed by atoms with Gasteiger partial charge < -0.3 is 5.32 Å². The van der Waals surface area contributed by atoms with Crippen LogP contribution in [0, 0.1) is 0 Å². The lowest BCUT2D eigenvalue weighted by Gasteiger charge is -2.13. The highest BCUT2D eigenvalue weighted by atomic mass is 35.5. The van der Waals surface area contributed by atoms with E-state index in [-0.39, 0.29) is 22.5 Å². The summed E-state index contributed by atoms with van der Waals surface area (Å²) in [5, 5.41) is 3.03. The summed E-state index contributed by atoms with van der Waals surface area (Å²) in [7, 11) is -3.42. The Morgan fingerprint density at radius 2 is 1.83 bits per heavy atom. The molecule has 0 bridgehead atoms. The van der Waals surface area contributed by atoms with Crippen LogP contribution >= 0.6 is 11.6 Å². The highest BCUT2D eigenvalue weighted by Gasteiger charge is 2.12. The predicted octanol–water partition coefficient (Wildman–Crippen LogP) is 3.25. The number of hydrogen-bond donors (Lipinski definition) is 2. The predicted molar refractivity (Wildman–Crippen MR) is 97.1 cm³/mol. The van der Waals surface area contributed by atoms with Crippen molar-refractivity contribution in [2.75, 3.05) is 17.5 Å². The summed E-state index contributed by atoms with van der Waals surface area (Å²) in [6.07, 6.45) is 1.04. The Morgan fingerprint density at radius 1 is 1.17 bits per heavy atom. The molecule has 0 aliphatic heterocycles. The maximum atomic E-state index is 12.2. The molecule has 0 aliphatic rings. The first kappa shape index (κ1) is 18.3. The minimum absolute atomic E-state index is 0.171. The zero-order valence-corrected chi connectivity index (χ0v) is 15.0. The Bertz CT molecular complexity index is 823. The molecule has 2 aromatic carbocycles. The highest BCUT2D eigenvalue weighted by molar-refractivity contribution is 7.92. The number of nitrogens with one attached hydrogen (secondary N) is 2. The maximum Gasteiger partial charge on any atom is 0.251 e. The number of carbonyl (C=O) groups excluding carboxylic acids is 1. The van der Waals surface area contributed by atoms with Crippen molar-refractivity contribution >= 4 is 33.2 Å². The molecule has 1 atom stereocenters. The first-order valence-corrected chi connectivity index (χ1v) is 9.63. The zero-order chi connectivity index (χ0) is 17.7. The molecular weight excluding hydrogens is 348 g/mol. The van der Waals surface area contributed by atoms with E-state index < -0.39 is 10.0 Å². The van der Waals surface area contributed by atoms with E-state index in [0.29, 0.717) is 12.1 Å². The van der Waals surface area contributed by atoms with Crippen LogP contribution in [0.2, 0.25) is 5.02 Å². The van der Waals surface area contributed by atoms with Gasteiger partial charge in [0.25, 0.3) is 5.91 Å². The molecule has 2 N–H and O–H groups in total. The van der Waals surface area contributed by atoms with E-state index >= 15 is 0 Å². The third-order valence-corrected chi connectivity index (χ3v) is 4.37. The lowest BCUT2D eigenvalue weighted by molar-refractivity contribution is 0.0951. The molecule has 128 valence electrons. The van der Waals surface area contributed by atoms with Crippen LogP contribution in [-0.4, -0.2) is 27.1 Å². The van der Waals surface area contributed by atoms with Crippen molar-refractivity contribution < 1.29 is 13.2 Å². The molecule has 24 heavy (non-hydrogen) atoms. The fourth-order valence-electron chi connectivity index (χ4n) is 2.19. The molecule has 2 aromatic rings. The molecule has 0 saturated heterocycles. The van der Waals surface area contributed by atoms with E-state index in [1.54, 1.807) is 0 Å². The first-order valence-electron chi connectivity index (χ1n) is 7.37. The average molecular weight is 367 g/mol. The van der Waals surface area contributed by atoms with Gasteiger partial charge in [-0.1, -0.05) is 48.9 Å². The highest BCUT2D eigenvalue weighted by Crippen LogP contribution is 2.24. The number of rotatable bonds is 6. The molecule has 0 saturated carbocycles. The Morgan fingerprint density at radius 3 is 2.42 bits per heavy atom. The summed E-state index contributed by atoms with van der Waals surface area (Å²) in [5.41, 5.74) is 1.76. The second kappa shape index (κ2) is 7.68. The van der Waals surface area contributed by atoms with Crippen LogP contribution in [0.1, 0.15) is 28.8 Å². The topological polar surface area (TPSA) is 75.3 Å². The molecule has 7 heteroatoms. The number of benzene rings is 2. The quantitative estimate of drug-likeness (QED) is 0.824. The van der Waals surface area contributed by atoms with Crippen molar-refractivity contribution in [1.29, 1.82) is 0 Å². The normalized spacial score (nSPS) is 12.5. The van der Waals surface area contributed by atoms with Gasteiger partial charge in [-0.25, -0.2) is 8.42 Å². The second-order valence-corrected chi connectivity index (χ2v) is 7.75. The van der Waals surface area contributed by atoms with Gasteiger partial charge >= 0.3 is 0 Å². The summed E-state index contributed by atoms with van der Waals surface area (Å²) < 4.78 is 24.8. The van der Waals surface area contributed by atoms with Gasteiger partial charge in [-0.2, -0.15) is 0 Å². The van der Waals surface area contributed by atoms with E-state index in [1.807, 2.05) is 37.3 Å². The number of carbonyl (C=O) groups is 1. The van der Waals surface area contributed by atoms with Crippen LogP contribution in [-0.2, 0) is 10.0 Å². The summed E-state index contributed by atoms with van der Waals surface area (Å²) in [6.45, 7) is 2.52. The van der Waals surface area contributed by atoms with Crippen molar-refractivity contribution in [3.05, 3.63) is 64.7 Å². The second-order valence-electron chi connectivity index (χ2n) is 5.59. The monoisotopic (exact) mass is 366 g/mol. The van der Waals surface area contributed by atoms with Gasteiger partial charge in [0.15, 0.2) is 0 Å². The van der Waals surface area contributed by atoms with E-state index in [4.69, 9.17) is 11.6 Å². The number of hydrogen-bond acceptors (Lipinski definition) is 3. The van der Waals surface area contributed by atoms with Crippen molar-refractivity contribution in [1.82, 2.24) is 5.32 Å². The average Bonchev–Trinajstić information content (AvgIpc) is 2.53. The van der Waals surface area contributed by atoms with E-state index in [2.05, 4.69) is 10.0 Å². The third kappa shape index (κ3) is 5.25. The number of amides is 1. The van der Waals surface area contributed by atoms with Gasteiger partial charge in [0.2, 0.25) is 10.0 Å².